The van der Waals surface area contributed by atoms with Crippen LogP contribution >= 0.6 is 0 Å². The second kappa shape index (κ2) is 6.59. The molecule has 0 aromatic heterocycles. The number of hydrogen-bond acceptors (Lipinski definition) is 3. The van der Waals surface area contributed by atoms with E-state index in [0.29, 0.717) is 5.92 Å². The third-order valence-electron chi connectivity index (χ3n) is 5.06. The van der Waals surface area contributed by atoms with Gasteiger partial charge in [0.1, 0.15) is 5.75 Å². The van der Waals surface area contributed by atoms with Crippen molar-refractivity contribution < 1.29 is 4.74 Å². The number of benzene rings is 1. The van der Waals surface area contributed by atoms with Gasteiger partial charge in [-0.2, -0.15) is 0 Å². The second-order valence-electron chi connectivity index (χ2n) is 6.12. The minimum atomic E-state index is 0.195. The fraction of sp³-hybridized carbons (Fsp3) is 0.647. The Balaban J connectivity index is 2.30. The van der Waals surface area contributed by atoms with Crippen LogP contribution in [0.1, 0.15) is 55.3 Å². The largest absolute Gasteiger partial charge is 0.496 e. The molecule has 1 saturated carbocycles. The number of rotatable bonds is 5. The summed E-state index contributed by atoms with van der Waals surface area (Å²) in [6, 6.07) is 4.54. The van der Waals surface area contributed by atoms with E-state index in [1.807, 2.05) is 0 Å². The molecule has 3 N–H and O–H groups in total. The Kier molecular flexibility index (Phi) is 5.06. The highest BCUT2D eigenvalue weighted by atomic mass is 16.5. The number of hydrogen-bond donors (Lipinski definition) is 2. The van der Waals surface area contributed by atoms with Crippen LogP contribution in [0.25, 0.3) is 0 Å². The van der Waals surface area contributed by atoms with Crippen LogP contribution < -0.4 is 16.0 Å². The van der Waals surface area contributed by atoms with Crippen LogP contribution in [0.3, 0.4) is 0 Å². The molecule has 3 nitrogen and oxygen atoms in total. The molecule has 0 bridgehead atoms. The molecule has 3 unspecified atom stereocenters. The van der Waals surface area contributed by atoms with Crippen LogP contribution in [0, 0.1) is 25.7 Å². The maximum Gasteiger partial charge on any atom is 0.126 e. The summed E-state index contributed by atoms with van der Waals surface area (Å²) < 4.78 is 5.66. The molecule has 0 radical (unpaired) electrons. The topological polar surface area (TPSA) is 47.3 Å². The van der Waals surface area contributed by atoms with Crippen LogP contribution in [-0.4, -0.2) is 7.11 Å². The molecule has 0 amide bonds. The normalized spacial score (nSPS) is 23.9. The molecule has 0 saturated heterocycles. The number of nitrogens with one attached hydrogen (secondary N) is 1. The first-order valence-corrected chi connectivity index (χ1v) is 7.72. The van der Waals surface area contributed by atoms with Crippen LogP contribution in [0.15, 0.2) is 12.1 Å². The third kappa shape index (κ3) is 2.84. The summed E-state index contributed by atoms with van der Waals surface area (Å²) in [6.45, 7) is 6.53. The summed E-state index contributed by atoms with van der Waals surface area (Å²) in [5, 5.41) is 0. The molecule has 1 aliphatic carbocycles. The summed E-state index contributed by atoms with van der Waals surface area (Å²) in [5.74, 6) is 8.34. The first kappa shape index (κ1) is 15.3. The van der Waals surface area contributed by atoms with Crippen molar-refractivity contribution in [1.29, 1.82) is 0 Å². The van der Waals surface area contributed by atoms with Gasteiger partial charge in [0.25, 0.3) is 0 Å². The molecular formula is C17H28N2O. The lowest BCUT2D eigenvalue weighted by Crippen LogP contribution is -2.33. The van der Waals surface area contributed by atoms with E-state index in [1.54, 1.807) is 7.11 Å². The van der Waals surface area contributed by atoms with E-state index in [1.165, 1.54) is 42.4 Å². The van der Waals surface area contributed by atoms with Gasteiger partial charge in [-0.15, -0.1) is 0 Å². The highest BCUT2D eigenvalue weighted by molar-refractivity contribution is 5.47. The van der Waals surface area contributed by atoms with Gasteiger partial charge in [-0.1, -0.05) is 31.9 Å². The van der Waals surface area contributed by atoms with Gasteiger partial charge in [0.15, 0.2) is 0 Å². The number of ether oxygens (including phenoxy) is 1. The molecule has 1 fully saturated rings. The van der Waals surface area contributed by atoms with Crippen LogP contribution in [0.5, 0.6) is 5.75 Å². The monoisotopic (exact) mass is 276 g/mol. The quantitative estimate of drug-likeness (QED) is 0.637. The molecule has 0 aliphatic heterocycles. The molecule has 1 aromatic rings. The average Bonchev–Trinajstić information content (AvgIpc) is 2.92. The van der Waals surface area contributed by atoms with Crippen molar-refractivity contribution in [1.82, 2.24) is 5.43 Å². The van der Waals surface area contributed by atoms with Gasteiger partial charge >= 0.3 is 0 Å². The van der Waals surface area contributed by atoms with Crippen molar-refractivity contribution in [2.75, 3.05) is 7.11 Å². The summed E-state index contributed by atoms with van der Waals surface area (Å²) >= 11 is 0. The fourth-order valence-corrected chi connectivity index (χ4v) is 3.59. The zero-order valence-corrected chi connectivity index (χ0v) is 13.2. The molecule has 2 rings (SSSR count). The van der Waals surface area contributed by atoms with Gasteiger partial charge in [-0.05, 0) is 49.7 Å². The van der Waals surface area contributed by atoms with E-state index in [-0.39, 0.29) is 6.04 Å². The van der Waals surface area contributed by atoms with Crippen molar-refractivity contribution in [2.24, 2.45) is 17.7 Å². The lowest BCUT2D eigenvalue weighted by Gasteiger charge is -2.26. The van der Waals surface area contributed by atoms with Crippen molar-refractivity contribution in [3.63, 3.8) is 0 Å². The Morgan fingerprint density at radius 1 is 1.35 bits per heavy atom. The van der Waals surface area contributed by atoms with Gasteiger partial charge < -0.3 is 4.74 Å². The van der Waals surface area contributed by atoms with Gasteiger partial charge in [0, 0.05) is 5.56 Å². The van der Waals surface area contributed by atoms with E-state index < -0.39 is 0 Å². The summed E-state index contributed by atoms with van der Waals surface area (Å²) in [4.78, 5) is 0. The van der Waals surface area contributed by atoms with Gasteiger partial charge in [0.05, 0.1) is 13.2 Å². The molecular weight excluding hydrogens is 248 g/mol. The Labute approximate surface area is 122 Å². The molecule has 3 heteroatoms. The van der Waals surface area contributed by atoms with E-state index in [2.05, 4.69) is 38.3 Å². The van der Waals surface area contributed by atoms with Crippen LogP contribution in [0.2, 0.25) is 0 Å². The van der Waals surface area contributed by atoms with Crippen molar-refractivity contribution >= 4 is 0 Å². The number of hydrazine groups is 1. The summed E-state index contributed by atoms with van der Waals surface area (Å²) in [6.07, 6.45) is 5.12. The van der Waals surface area contributed by atoms with Gasteiger partial charge in [-0.25, -0.2) is 0 Å². The van der Waals surface area contributed by atoms with Crippen LogP contribution in [-0.2, 0) is 0 Å². The first-order valence-electron chi connectivity index (χ1n) is 7.72. The van der Waals surface area contributed by atoms with Gasteiger partial charge in [-0.3, -0.25) is 11.3 Å². The average molecular weight is 276 g/mol. The zero-order valence-electron chi connectivity index (χ0n) is 13.2. The number of nitrogens with two attached hydrogens (primary N) is 1. The highest BCUT2D eigenvalue weighted by Crippen LogP contribution is 2.43. The molecule has 112 valence electrons. The number of methoxy groups -OCH3 is 1. The van der Waals surface area contributed by atoms with Crippen molar-refractivity contribution in [3.05, 3.63) is 28.8 Å². The number of aryl methyl sites for hydroxylation is 1. The maximum absolute atomic E-state index is 5.88. The Morgan fingerprint density at radius 3 is 2.65 bits per heavy atom. The second-order valence-corrected chi connectivity index (χ2v) is 6.12. The highest BCUT2D eigenvalue weighted by Gasteiger charge is 2.32. The van der Waals surface area contributed by atoms with E-state index in [0.717, 1.165) is 11.7 Å². The van der Waals surface area contributed by atoms with Crippen LogP contribution in [0.4, 0.5) is 0 Å². The molecule has 0 heterocycles. The van der Waals surface area contributed by atoms with Gasteiger partial charge in [0.2, 0.25) is 0 Å². The summed E-state index contributed by atoms with van der Waals surface area (Å²) in [7, 11) is 1.75. The lowest BCUT2D eigenvalue weighted by atomic mass is 9.88. The van der Waals surface area contributed by atoms with E-state index in [9.17, 15) is 0 Å². The third-order valence-corrected chi connectivity index (χ3v) is 5.06. The minimum Gasteiger partial charge on any atom is -0.496 e. The fourth-order valence-electron chi connectivity index (χ4n) is 3.59. The SMILES string of the molecule is CCC1CCC(C(NN)c2ccc(C)c(C)c2OC)C1. The van der Waals surface area contributed by atoms with E-state index >= 15 is 0 Å². The molecule has 3 atom stereocenters. The van der Waals surface area contributed by atoms with Crippen molar-refractivity contribution in [3.8, 4) is 5.75 Å². The van der Waals surface area contributed by atoms with E-state index in [4.69, 9.17) is 10.6 Å². The maximum atomic E-state index is 5.88. The summed E-state index contributed by atoms with van der Waals surface area (Å²) in [5.41, 5.74) is 6.74. The predicted molar refractivity (Wildman–Crippen MR) is 83.7 cm³/mol. The molecule has 20 heavy (non-hydrogen) atoms. The standard InChI is InChI=1S/C17H28N2O/c1-5-13-7-8-14(10-13)16(19-18)15-9-6-11(2)12(3)17(15)20-4/h6,9,13-14,16,19H,5,7-8,10,18H2,1-4H3. The Morgan fingerprint density at radius 2 is 2.10 bits per heavy atom. The molecule has 0 spiro atoms. The first-order chi connectivity index (χ1) is 9.62. The predicted octanol–water partition coefficient (Wildman–Crippen LogP) is 3.64. The smallest absolute Gasteiger partial charge is 0.126 e. The molecule has 1 aromatic carbocycles. The lowest BCUT2D eigenvalue weighted by molar-refractivity contribution is 0.338. The van der Waals surface area contributed by atoms with Crippen molar-refractivity contribution in [2.45, 2.75) is 52.5 Å². The Bertz CT molecular complexity index is 459. The molecule has 1 aliphatic rings. The minimum absolute atomic E-state index is 0.195. The zero-order chi connectivity index (χ0) is 14.7. The Hall–Kier alpha value is -1.06.